The van der Waals surface area contributed by atoms with E-state index in [1.165, 1.54) is 5.56 Å². The normalized spacial score (nSPS) is 12.1. The van der Waals surface area contributed by atoms with E-state index in [1.807, 2.05) is 26.0 Å². The van der Waals surface area contributed by atoms with Crippen LogP contribution in [-0.4, -0.2) is 23.0 Å². The number of aromatic nitrogens is 2. The number of carbonyl (C=O) groups is 1. The molecular formula is C19H18N4O4. The summed E-state index contributed by atoms with van der Waals surface area (Å²) in [5.74, 6) is 1.66. The Morgan fingerprint density at radius 2 is 1.89 bits per heavy atom. The molecule has 8 heteroatoms. The molecule has 4 rings (SSSR count). The molecule has 1 aromatic heterocycles. The Morgan fingerprint density at radius 3 is 2.74 bits per heavy atom. The number of anilines is 2. The first-order chi connectivity index (χ1) is 13.1. The monoisotopic (exact) mass is 366 g/mol. The molecule has 0 unspecified atom stereocenters. The van der Waals surface area contributed by atoms with E-state index in [-0.39, 0.29) is 12.8 Å². The number of benzene rings is 2. The van der Waals surface area contributed by atoms with Gasteiger partial charge in [0.15, 0.2) is 11.5 Å². The van der Waals surface area contributed by atoms with E-state index in [0.717, 1.165) is 11.1 Å². The molecular weight excluding hydrogens is 348 g/mol. The first kappa shape index (κ1) is 16.9. The molecule has 27 heavy (non-hydrogen) atoms. The number of rotatable bonds is 4. The molecule has 2 heterocycles. The highest BCUT2D eigenvalue weighted by molar-refractivity contribution is 5.98. The second-order valence-corrected chi connectivity index (χ2v) is 6.25. The molecule has 138 valence electrons. The molecule has 0 aliphatic carbocycles. The molecule has 3 aromatic rings. The third-order valence-corrected chi connectivity index (χ3v) is 4.16. The van der Waals surface area contributed by atoms with E-state index in [0.29, 0.717) is 29.5 Å². The Morgan fingerprint density at radius 1 is 1.04 bits per heavy atom. The number of fused-ring (bicyclic) bond motifs is 1. The Labute approximate surface area is 155 Å². The van der Waals surface area contributed by atoms with Crippen LogP contribution in [-0.2, 0) is 6.42 Å². The van der Waals surface area contributed by atoms with Gasteiger partial charge in [0.25, 0.3) is 0 Å². The largest absolute Gasteiger partial charge is 0.454 e. The molecule has 0 radical (unpaired) electrons. The Balaban J connectivity index is 1.38. The van der Waals surface area contributed by atoms with Crippen molar-refractivity contribution in [3.05, 3.63) is 59.0 Å². The third-order valence-electron chi connectivity index (χ3n) is 4.16. The number of hydrogen-bond acceptors (Lipinski definition) is 6. The predicted octanol–water partition coefficient (Wildman–Crippen LogP) is 3.65. The Kier molecular flexibility index (Phi) is 4.37. The number of nitrogens with one attached hydrogen (secondary N) is 2. The number of aryl methyl sites for hydroxylation is 2. The SMILES string of the molecule is Cc1ccc(Cc2nnc(NC(=O)Nc3ccc4c(c3)OCO4)o2)c(C)c1. The average Bonchev–Trinajstić information content (AvgIpc) is 3.26. The highest BCUT2D eigenvalue weighted by Gasteiger charge is 2.15. The molecule has 0 bridgehead atoms. The fourth-order valence-corrected chi connectivity index (χ4v) is 2.82. The molecule has 0 fully saturated rings. The second kappa shape index (κ2) is 6.99. The van der Waals surface area contributed by atoms with Crippen molar-refractivity contribution in [2.75, 3.05) is 17.4 Å². The smallest absolute Gasteiger partial charge is 0.327 e. The fraction of sp³-hybridized carbons (Fsp3) is 0.211. The molecule has 2 aromatic carbocycles. The zero-order chi connectivity index (χ0) is 18.8. The van der Waals surface area contributed by atoms with Crippen molar-refractivity contribution >= 4 is 17.7 Å². The van der Waals surface area contributed by atoms with Crippen molar-refractivity contribution in [1.82, 2.24) is 10.2 Å². The number of urea groups is 1. The van der Waals surface area contributed by atoms with E-state index in [9.17, 15) is 4.79 Å². The first-order valence-electron chi connectivity index (χ1n) is 8.43. The predicted molar refractivity (Wildman–Crippen MR) is 98.2 cm³/mol. The van der Waals surface area contributed by atoms with Crippen molar-refractivity contribution in [1.29, 1.82) is 0 Å². The molecule has 8 nitrogen and oxygen atoms in total. The van der Waals surface area contributed by atoms with Gasteiger partial charge in [0, 0.05) is 11.8 Å². The summed E-state index contributed by atoms with van der Waals surface area (Å²) in [5.41, 5.74) is 4.01. The van der Waals surface area contributed by atoms with Gasteiger partial charge < -0.3 is 19.2 Å². The first-order valence-corrected chi connectivity index (χ1v) is 8.43. The van der Waals surface area contributed by atoms with Crippen LogP contribution in [0.15, 0.2) is 40.8 Å². The van der Waals surface area contributed by atoms with Crippen LogP contribution in [0, 0.1) is 13.8 Å². The number of carbonyl (C=O) groups excluding carboxylic acids is 1. The van der Waals surface area contributed by atoms with Crippen molar-refractivity contribution in [2.24, 2.45) is 0 Å². The maximum Gasteiger partial charge on any atom is 0.327 e. The van der Waals surface area contributed by atoms with E-state index < -0.39 is 6.03 Å². The second-order valence-electron chi connectivity index (χ2n) is 6.25. The minimum absolute atomic E-state index is 0.0352. The highest BCUT2D eigenvalue weighted by Crippen LogP contribution is 2.34. The van der Waals surface area contributed by atoms with Crippen LogP contribution in [0.4, 0.5) is 16.5 Å². The van der Waals surface area contributed by atoms with Crippen molar-refractivity contribution < 1.29 is 18.7 Å². The number of amides is 2. The van der Waals surface area contributed by atoms with Crippen LogP contribution >= 0.6 is 0 Å². The summed E-state index contributed by atoms with van der Waals surface area (Å²) in [7, 11) is 0. The minimum Gasteiger partial charge on any atom is -0.454 e. The fourth-order valence-electron chi connectivity index (χ4n) is 2.82. The van der Waals surface area contributed by atoms with Crippen LogP contribution in [0.25, 0.3) is 0 Å². The van der Waals surface area contributed by atoms with Crippen molar-refractivity contribution in [2.45, 2.75) is 20.3 Å². The summed E-state index contributed by atoms with van der Waals surface area (Å²) in [5, 5.41) is 13.1. The molecule has 1 aliphatic rings. The van der Waals surface area contributed by atoms with Gasteiger partial charge in [-0.05, 0) is 37.1 Å². The lowest BCUT2D eigenvalue weighted by Crippen LogP contribution is -2.19. The van der Waals surface area contributed by atoms with Crippen LogP contribution in [0.1, 0.15) is 22.6 Å². The van der Waals surface area contributed by atoms with Crippen LogP contribution < -0.4 is 20.1 Å². The van der Waals surface area contributed by atoms with Gasteiger partial charge in [0.05, 0.1) is 6.42 Å². The van der Waals surface area contributed by atoms with Gasteiger partial charge in [0.2, 0.25) is 12.7 Å². The van der Waals surface area contributed by atoms with Gasteiger partial charge in [-0.1, -0.05) is 28.9 Å². The quantitative estimate of drug-likeness (QED) is 0.731. The van der Waals surface area contributed by atoms with E-state index >= 15 is 0 Å². The summed E-state index contributed by atoms with van der Waals surface area (Å²) in [4.78, 5) is 12.1. The summed E-state index contributed by atoms with van der Waals surface area (Å²) in [6.45, 7) is 4.26. The molecule has 0 atom stereocenters. The van der Waals surface area contributed by atoms with Gasteiger partial charge in [-0.3, -0.25) is 5.32 Å². The summed E-state index contributed by atoms with van der Waals surface area (Å²) >= 11 is 0. The maximum absolute atomic E-state index is 12.1. The Hall–Kier alpha value is -3.55. The van der Waals surface area contributed by atoms with Crippen molar-refractivity contribution in [3.63, 3.8) is 0 Å². The van der Waals surface area contributed by atoms with Crippen molar-refractivity contribution in [3.8, 4) is 11.5 Å². The van der Waals surface area contributed by atoms with Gasteiger partial charge in [0.1, 0.15) is 0 Å². The van der Waals surface area contributed by atoms with E-state index in [4.69, 9.17) is 13.9 Å². The lowest BCUT2D eigenvalue weighted by Gasteiger charge is -2.05. The molecule has 0 saturated heterocycles. The molecule has 1 aliphatic heterocycles. The minimum atomic E-state index is -0.490. The van der Waals surface area contributed by atoms with Gasteiger partial charge in [-0.2, -0.15) is 0 Å². The highest BCUT2D eigenvalue weighted by atomic mass is 16.7. The van der Waals surface area contributed by atoms with Gasteiger partial charge in [-0.25, -0.2) is 4.79 Å². The number of ether oxygens (including phenoxy) is 2. The van der Waals surface area contributed by atoms with Crippen LogP contribution in [0.5, 0.6) is 11.5 Å². The zero-order valence-electron chi connectivity index (χ0n) is 14.9. The van der Waals surface area contributed by atoms with E-state index in [1.54, 1.807) is 18.2 Å². The lowest BCUT2D eigenvalue weighted by molar-refractivity contribution is 0.174. The summed E-state index contributed by atoms with van der Waals surface area (Å²) < 4.78 is 16.0. The van der Waals surface area contributed by atoms with Crippen LogP contribution in [0.2, 0.25) is 0 Å². The number of hydrogen-bond donors (Lipinski definition) is 2. The summed E-state index contributed by atoms with van der Waals surface area (Å²) in [6.07, 6.45) is 0.505. The topological polar surface area (TPSA) is 98.5 Å². The van der Waals surface area contributed by atoms with Crippen LogP contribution in [0.3, 0.4) is 0 Å². The lowest BCUT2D eigenvalue weighted by atomic mass is 10.0. The molecule has 0 saturated carbocycles. The maximum atomic E-state index is 12.1. The average molecular weight is 366 g/mol. The zero-order valence-corrected chi connectivity index (χ0v) is 14.9. The summed E-state index contributed by atoms with van der Waals surface area (Å²) in [6, 6.07) is 10.8. The molecule has 2 N–H and O–H groups in total. The van der Waals surface area contributed by atoms with Gasteiger partial charge in [-0.15, -0.1) is 5.10 Å². The standard InChI is InChI=1S/C19H18N4O4/c1-11-3-4-13(12(2)7-11)8-17-22-23-19(27-17)21-18(24)20-14-5-6-15-16(9-14)26-10-25-15/h3-7,9H,8,10H2,1-2H3,(H2,20,21,23,24). The van der Waals surface area contributed by atoms with Gasteiger partial charge >= 0.3 is 12.0 Å². The Bertz CT molecular complexity index is 999. The third kappa shape index (κ3) is 3.84. The molecule has 2 amide bonds. The van der Waals surface area contributed by atoms with E-state index in [2.05, 4.69) is 26.9 Å². The number of nitrogens with zero attached hydrogens (tertiary/aromatic N) is 2. The molecule has 0 spiro atoms.